The van der Waals surface area contributed by atoms with Crippen molar-refractivity contribution >= 4 is 0 Å². The molecule has 0 radical (unpaired) electrons. The Labute approximate surface area is 117 Å². The number of alkyl halides is 3. The number of hydrogen-bond donors (Lipinski definition) is 2. The van der Waals surface area contributed by atoms with Crippen molar-refractivity contribution in [2.75, 3.05) is 0 Å². The zero-order valence-electron chi connectivity index (χ0n) is 10.7. The fourth-order valence-electron chi connectivity index (χ4n) is 1.88. The Morgan fingerprint density at radius 3 is 2.33 bits per heavy atom. The van der Waals surface area contributed by atoms with Gasteiger partial charge in [-0.1, -0.05) is 30.3 Å². The first-order valence-electron chi connectivity index (χ1n) is 6.01. The molecule has 7 heteroatoms. The third-order valence-corrected chi connectivity index (χ3v) is 2.97. The molecule has 0 fully saturated rings. The molecule has 2 N–H and O–H groups in total. The van der Waals surface area contributed by atoms with E-state index in [1.807, 2.05) is 0 Å². The standard InChI is InChI=1S/C14H12F3NO3/c15-14(16,17)12(20)10-6-7-18(13(21)11(10)19)8-9-4-2-1-3-5-9/h1-7,12,19-20H,8H2. The molecule has 1 aromatic carbocycles. The molecule has 2 aromatic rings. The minimum absolute atomic E-state index is 0.107. The molecule has 0 bridgehead atoms. The molecule has 0 amide bonds. The Balaban J connectivity index is 2.37. The number of nitrogens with zero attached hydrogens (tertiary/aromatic N) is 1. The molecule has 0 spiro atoms. The summed E-state index contributed by atoms with van der Waals surface area (Å²) in [6.07, 6.45) is -6.73. The molecule has 0 saturated carbocycles. The fraction of sp³-hybridized carbons (Fsp3) is 0.214. The van der Waals surface area contributed by atoms with E-state index in [4.69, 9.17) is 5.11 Å². The van der Waals surface area contributed by atoms with Gasteiger partial charge >= 0.3 is 6.18 Å². The molecule has 0 saturated heterocycles. The van der Waals surface area contributed by atoms with Crippen molar-refractivity contribution in [3.8, 4) is 5.75 Å². The highest BCUT2D eigenvalue weighted by Crippen LogP contribution is 2.35. The zero-order valence-corrected chi connectivity index (χ0v) is 10.7. The van der Waals surface area contributed by atoms with E-state index in [-0.39, 0.29) is 6.54 Å². The first kappa shape index (κ1) is 15.1. The van der Waals surface area contributed by atoms with Gasteiger partial charge in [0.25, 0.3) is 5.56 Å². The van der Waals surface area contributed by atoms with Crippen LogP contribution in [0.25, 0.3) is 0 Å². The van der Waals surface area contributed by atoms with Crippen LogP contribution in [0.4, 0.5) is 13.2 Å². The third kappa shape index (κ3) is 3.25. The molecule has 2 rings (SSSR count). The van der Waals surface area contributed by atoms with Crippen molar-refractivity contribution in [3.05, 3.63) is 64.1 Å². The number of aliphatic hydroxyl groups is 1. The zero-order chi connectivity index (χ0) is 15.6. The Bertz CT molecular complexity index is 680. The average molecular weight is 299 g/mol. The first-order chi connectivity index (χ1) is 9.80. The summed E-state index contributed by atoms with van der Waals surface area (Å²) in [5.41, 5.74) is -1.08. The van der Waals surface area contributed by atoms with Gasteiger partial charge in [-0.05, 0) is 11.6 Å². The summed E-state index contributed by atoms with van der Waals surface area (Å²) in [4.78, 5) is 11.9. The molecule has 21 heavy (non-hydrogen) atoms. The molecule has 0 aliphatic rings. The van der Waals surface area contributed by atoms with Gasteiger partial charge in [-0.15, -0.1) is 0 Å². The van der Waals surface area contributed by atoms with E-state index < -0.39 is 29.2 Å². The fourth-order valence-corrected chi connectivity index (χ4v) is 1.88. The molecule has 1 atom stereocenters. The number of aromatic hydroxyl groups is 1. The van der Waals surface area contributed by atoms with Gasteiger partial charge in [-0.25, -0.2) is 0 Å². The number of aliphatic hydroxyl groups excluding tert-OH is 1. The number of halogens is 3. The van der Waals surface area contributed by atoms with E-state index in [2.05, 4.69) is 0 Å². The average Bonchev–Trinajstić information content (AvgIpc) is 2.44. The summed E-state index contributed by atoms with van der Waals surface area (Å²) < 4.78 is 38.3. The minimum atomic E-state index is -4.95. The van der Waals surface area contributed by atoms with Crippen LogP contribution < -0.4 is 5.56 Å². The molecular weight excluding hydrogens is 287 g/mol. The van der Waals surface area contributed by atoms with Crippen LogP contribution in [0.15, 0.2) is 47.4 Å². The van der Waals surface area contributed by atoms with Crippen LogP contribution in [0.5, 0.6) is 5.75 Å². The third-order valence-electron chi connectivity index (χ3n) is 2.97. The Kier molecular flexibility index (Phi) is 4.04. The van der Waals surface area contributed by atoms with Crippen LogP contribution in [0.2, 0.25) is 0 Å². The predicted molar refractivity (Wildman–Crippen MR) is 68.9 cm³/mol. The molecule has 1 unspecified atom stereocenters. The van der Waals surface area contributed by atoms with Crippen LogP contribution in [0.1, 0.15) is 17.2 Å². The summed E-state index contributed by atoms with van der Waals surface area (Å²) in [5, 5.41) is 18.7. The van der Waals surface area contributed by atoms with Crippen LogP contribution >= 0.6 is 0 Å². The van der Waals surface area contributed by atoms with E-state index in [0.717, 1.165) is 22.4 Å². The van der Waals surface area contributed by atoms with E-state index in [1.54, 1.807) is 30.3 Å². The molecule has 1 aromatic heterocycles. The van der Waals surface area contributed by atoms with E-state index in [1.165, 1.54) is 0 Å². The van der Waals surface area contributed by atoms with Gasteiger partial charge in [0.2, 0.25) is 0 Å². The Hall–Kier alpha value is -2.28. The normalized spacial score (nSPS) is 13.1. The van der Waals surface area contributed by atoms with Gasteiger partial charge in [0, 0.05) is 11.8 Å². The first-order valence-corrected chi connectivity index (χ1v) is 6.01. The van der Waals surface area contributed by atoms with Gasteiger partial charge < -0.3 is 14.8 Å². The summed E-state index contributed by atoms with van der Waals surface area (Å²) in [6.45, 7) is 0.107. The Morgan fingerprint density at radius 2 is 1.76 bits per heavy atom. The predicted octanol–water partition coefficient (Wildman–Crippen LogP) is 2.20. The minimum Gasteiger partial charge on any atom is -0.503 e. The quantitative estimate of drug-likeness (QED) is 0.913. The smallest absolute Gasteiger partial charge is 0.418 e. The number of hydrogen-bond acceptors (Lipinski definition) is 3. The van der Waals surface area contributed by atoms with Gasteiger partial charge in [0.15, 0.2) is 11.9 Å². The maximum atomic E-state index is 12.4. The molecule has 0 aliphatic carbocycles. The van der Waals surface area contributed by atoms with Crippen LogP contribution in [0, 0.1) is 0 Å². The molecule has 0 aliphatic heterocycles. The number of benzene rings is 1. The summed E-state index contributed by atoms with van der Waals surface area (Å²) in [6, 6.07) is 9.65. The lowest BCUT2D eigenvalue weighted by Crippen LogP contribution is -2.25. The maximum Gasteiger partial charge on any atom is 0.418 e. The highest BCUT2D eigenvalue weighted by atomic mass is 19.4. The van der Waals surface area contributed by atoms with Gasteiger partial charge in [0.05, 0.1) is 6.54 Å². The lowest BCUT2D eigenvalue weighted by atomic mass is 10.1. The van der Waals surface area contributed by atoms with Crippen molar-refractivity contribution < 1.29 is 23.4 Å². The lowest BCUT2D eigenvalue weighted by molar-refractivity contribution is -0.207. The van der Waals surface area contributed by atoms with Crippen LogP contribution in [-0.2, 0) is 6.54 Å². The second kappa shape index (κ2) is 5.61. The van der Waals surface area contributed by atoms with Crippen molar-refractivity contribution in [2.24, 2.45) is 0 Å². The van der Waals surface area contributed by atoms with E-state index in [9.17, 15) is 23.1 Å². The second-order valence-electron chi connectivity index (χ2n) is 4.48. The highest BCUT2D eigenvalue weighted by Gasteiger charge is 2.41. The SMILES string of the molecule is O=c1c(O)c(C(O)C(F)(F)F)ccn1Cc1ccccc1. The molecule has 112 valence electrons. The molecule has 4 nitrogen and oxygen atoms in total. The van der Waals surface area contributed by atoms with E-state index in [0.29, 0.717) is 0 Å². The van der Waals surface area contributed by atoms with Crippen molar-refractivity contribution in [3.63, 3.8) is 0 Å². The lowest BCUT2D eigenvalue weighted by Gasteiger charge is -2.16. The Morgan fingerprint density at radius 1 is 1.14 bits per heavy atom. The largest absolute Gasteiger partial charge is 0.503 e. The van der Waals surface area contributed by atoms with Crippen molar-refractivity contribution in [1.29, 1.82) is 0 Å². The highest BCUT2D eigenvalue weighted by molar-refractivity contribution is 5.32. The topological polar surface area (TPSA) is 62.5 Å². The van der Waals surface area contributed by atoms with E-state index >= 15 is 0 Å². The monoisotopic (exact) mass is 299 g/mol. The van der Waals surface area contributed by atoms with Crippen molar-refractivity contribution in [1.82, 2.24) is 4.57 Å². The van der Waals surface area contributed by atoms with Gasteiger partial charge in [-0.3, -0.25) is 4.79 Å². The van der Waals surface area contributed by atoms with Gasteiger partial charge in [0.1, 0.15) is 0 Å². The number of rotatable bonds is 3. The number of aromatic nitrogens is 1. The molecule has 1 heterocycles. The van der Waals surface area contributed by atoms with Crippen LogP contribution in [-0.4, -0.2) is 21.0 Å². The van der Waals surface area contributed by atoms with Gasteiger partial charge in [-0.2, -0.15) is 13.2 Å². The number of pyridine rings is 1. The summed E-state index contributed by atoms with van der Waals surface area (Å²) in [5.74, 6) is -1.10. The van der Waals surface area contributed by atoms with Crippen LogP contribution in [0.3, 0.4) is 0 Å². The van der Waals surface area contributed by atoms with Crippen molar-refractivity contribution in [2.45, 2.75) is 18.8 Å². The summed E-state index contributed by atoms with van der Waals surface area (Å²) >= 11 is 0. The summed E-state index contributed by atoms with van der Waals surface area (Å²) in [7, 11) is 0. The second-order valence-corrected chi connectivity index (χ2v) is 4.48. The maximum absolute atomic E-state index is 12.4. The molecular formula is C14H12F3NO3.